The molecule has 3 aromatic carbocycles. The molecule has 0 spiro atoms. The molecule has 194 valence electrons. The van der Waals surface area contributed by atoms with Gasteiger partial charge in [-0.1, -0.05) is 60.4 Å². The van der Waals surface area contributed by atoms with E-state index in [1.807, 2.05) is 99.0 Å². The minimum atomic E-state index is -0.492. The second-order valence-corrected chi connectivity index (χ2v) is 9.54. The lowest BCUT2D eigenvalue weighted by molar-refractivity contribution is 0.0940. The van der Waals surface area contributed by atoms with E-state index in [1.54, 1.807) is 27.7 Å². The molecular formula is C33H25N5O2. The van der Waals surface area contributed by atoms with E-state index < -0.39 is 6.04 Å². The van der Waals surface area contributed by atoms with Crippen molar-refractivity contribution in [2.24, 2.45) is 7.05 Å². The number of hydrogen-bond donors (Lipinski definition) is 1. The van der Waals surface area contributed by atoms with Crippen LogP contribution in [0.25, 0.3) is 27.4 Å². The maximum atomic E-state index is 14.2. The molecule has 7 nitrogen and oxygen atoms in total. The number of rotatable bonds is 4. The Balaban J connectivity index is 1.47. The summed E-state index contributed by atoms with van der Waals surface area (Å²) in [5, 5.41) is 9.41. The minimum Gasteiger partial charge on any atom is -0.344 e. The number of amides is 1. The van der Waals surface area contributed by atoms with Crippen molar-refractivity contribution < 1.29 is 4.79 Å². The van der Waals surface area contributed by atoms with Crippen molar-refractivity contribution in [1.82, 2.24) is 24.6 Å². The molecule has 0 radical (unpaired) electrons. The molecule has 6 aromatic rings. The first-order chi connectivity index (χ1) is 19.5. The molecule has 0 saturated heterocycles. The lowest BCUT2D eigenvalue weighted by Gasteiger charge is -2.21. The van der Waals surface area contributed by atoms with Gasteiger partial charge in [0.2, 0.25) is 0 Å². The summed E-state index contributed by atoms with van der Waals surface area (Å²) in [5.74, 6) is 6.01. The summed E-state index contributed by atoms with van der Waals surface area (Å²) in [7, 11) is 1.83. The van der Waals surface area contributed by atoms with Crippen LogP contribution in [0.3, 0.4) is 0 Å². The summed E-state index contributed by atoms with van der Waals surface area (Å²) in [5.41, 5.74) is 3.65. The molecule has 7 heteroatoms. The molecule has 1 atom stereocenters. The molecular weight excluding hydrogens is 498 g/mol. The highest BCUT2D eigenvalue weighted by Crippen LogP contribution is 2.24. The zero-order valence-corrected chi connectivity index (χ0v) is 22.0. The van der Waals surface area contributed by atoms with Crippen LogP contribution in [-0.4, -0.2) is 25.2 Å². The number of pyridine rings is 2. The van der Waals surface area contributed by atoms with Crippen molar-refractivity contribution >= 4 is 27.6 Å². The Hall–Kier alpha value is -5.48. The van der Waals surface area contributed by atoms with Gasteiger partial charge < -0.3 is 5.32 Å². The summed E-state index contributed by atoms with van der Waals surface area (Å²) in [6.07, 6.45) is 5.19. The molecule has 0 aliphatic heterocycles. The second kappa shape index (κ2) is 10.4. The number of carbonyl (C=O) groups is 1. The zero-order valence-electron chi connectivity index (χ0n) is 22.0. The fraction of sp³-hybridized carbons (Fsp3) is 0.0909. The van der Waals surface area contributed by atoms with E-state index in [0.29, 0.717) is 33.4 Å². The summed E-state index contributed by atoms with van der Waals surface area (Å²) >= 11 is 0. The number of aryl methyl sites for hydroxylation is 1. The number of carbonyl (C=O) groups excluding carboxylic acids is 1. The average molecular weight is 524 g/mol. The number of nitrogens with one attached hydrogen (secondary N) is 1. The molecule has 1 N–H and O–H groups in total. The van der Waals surface area contributed by atoms with E-state index in [0.717, 1.165) is 16.3 Å². The highest BCUT2D eigenvalue weighted by molar-refractivity contribution is 6.05. The molecule has 3 aromatic heterocycles. The van der Waals surface area contributed by atoms with Gasteiger partial charge in [0.15, 0.2) is 0 Å². The van der Waals surface area contributed by atoms with Gasteiger partial charge in [-0.15, -0.1) is 0 Å². The van der Waals surface area contributed by atoms with Crippen LogP contribution in [0, 0.1) is 11.8 Å². The second-order valence-electron chi connectivity index (χ2n) is 9.54. The molecule has 0 bridgehead atoms. The Morgan fingerprint density at radius 2 is 1.70 bits per heavy atom. The van der Waals surface area contributed by atoms with Gasteiger partial charge in [-0.05, 0) is 48.7 Å². The van der Waals surface area contributed by atoms with Crippen LogP contribution in [0.2, 0.25) is 0 Å². The first kappa shape index (κ1) is 24.8. The van der Waals surface area contributed by atoms with Crippen LogP contribution in [0.4, 0.5) is 0 Å². The maximum Gasteiger partial charge on any atom is 0.264 e. The number of fused-ring (bicyclic) bond motifs is 2. The average Bonchev–Trinajstić information content (AvgIpc) is 3.40. The highest BCUT2D eigenvalue weighted by Gasteiger charge is 2.21. The van der Waals surface area contributed by atoms with E-state index >= 15 is 0 Å². The van der Waals surface area contributed by atoms with Gasteiger partial charge in [0.25, 0.3) is 11.5 Å². The van der Waals surface area contributed by atoms with Crippen molar-refractivity contribution in [2.45, 2.75) is 13.0 Å². The lowest BCUT2D eigenvalue weighted by atomic mass is 10.0. The van der Waals surface area contributed by atoms with Crippen LogP contribution in [0.1, 0.15) is 40.1 Å². The predicted octanol–water partition coefficient (Wildman–Crippen LogP) is 5.16. The smallest absolute Gasteiger partial charge is 0.264 e. The third-order valence-electron chi connectivity index (χ3n) is 6.80. The van der Waals surface area contributed by atoms with Crippen LogP contribution in [0.5, 0.6) is 0 Å². The molecule has 40 heavy (non-hydrogen) atoms. The molecule has 3 heterocycles. The largest absolute Gasteiger partial charge is 0.344 e. The quantitative estimate of drug-likeness (QED) is 0.324. The van der Waals surface area contributed by atoms with Gasteiger partial charge in [-0.2, -0.15) is 5.10 Å². The normalized spacial score (nSPS) is 11.7. The van der Waals surface area contributed by atoms with Gasteiger partial charge in [0.05, 0.1) is 34.3 Å². The fourth-order valence-corrected chi connectivity index (χ4v) is 4.91. The van der Waals surface area contributed by atoms with Gasteiger partial charge in [0, 0.05) is 41.8 Å². The van der Waals surface area contributed by atoms with Gasteiger partial charge >= 0.3 is 0 Å². The Morgan fingerprint density at radius 1 is 0.925 bits per heavy atom. The van der Waals surface area contributed by atoms with E-state index in [9.17, 15) is 9.59 Å². The number of para-hydroxylation sites is 2. The number of nitrogens with zero attached hydrogens (tertiary/aromatic N) is 4. The number of aromatic nitrogens is 4. The van der Waals surface area contributed by atoms with E-state index in [2.05, 4.69) is 27.2 Å². The first-order valence-electron chi connectivity index (χ1n) is 12.9. The van der Waals surface area contributed by atoms with Crippen molar-refractivity contribution in [2.75, 3.05) is 0 Å². The Labute approximate surface area is 230 Å². The molecule has 0 aliphatic rings. The van der Waals surface area contributed by atoms with Gasteiger partial charge in [-0.3, -0.25) is 23.8 Å². The molecule has 6 rings (SSSR count). The molecule has 1 unspecified atom stereocenters. The Kier molecular flexibility index (Phi) is 6.43. The first-order valence-corrected chi connectivity index (χ1v) is 12.9. The molecule has 1 amide bonds. The third-order valence-corrected chi connectivity index (χ3v) is 6.80. The predicted molar refractivity (Wildman–Crippen MR) is 156 cm³/mol. The molecule has 0 saturated carbocycles. The van der Waals surface area contributed by atoms with Crippen molar-refractivity contribution in [3.8, 4) is 17.5 Å². The summed E-state index contributed by atoms with van der Waals surface area (Å²) in [6.45, 7) is 1.88. The van der Waals surface area contributed by atoms with E-state index in [-0.39, 0.29) is 11.5 Å². The van der Waals surface area contributed by atoms with Crippen LogP contribution < -0.4 is 10.9 Å². The third kappa shape index (κ3) is 4.63. The van der Waals surface area contributed by atoms with Crippen molar-refractivity contribution in [3.63, 3.8) is 0 Å². The summed E-state index contributed by atoms with van der Waals surface area (Å²) in [6, 6.07) is 25.8. The van der Waals surface area contributed by atoms with E-state index in [1.165, 1.54) is 0 Å². The monoisotopic (exact) mass is 523 g/mol. The van der Waals surface area contributed by atoms with Gasteiger partial charge in [-0.25, -0.2) is 0 Å². The fourth-order valence-electron chi connectivity index (χ4n) is 4.91. The molecule has 0 fully saturated rings. The highest BCUT2D eigenvalue weighted by atomic mass is 16.2. The number of benzene rings is 3. The minimum absolute atomic E-state index is 0.206. The topological polar surface area (TPSA) is 81.8 Å². The van der Waals surface area contributed by atoms with Crippen molar-refractivity contribution in [3.05, 3.63) is 136 Å². The van der Waals surface area contributed by atoms with E-state index in [4.69, 9.17) is 0 Å². The number of hydrogen-bond acceptors (Lipinski definition) is 4. The van der Waals surface area contributed by atoms with Crippen LogP contribution >= 0.6 is 0 Å². The summed E-state index contributed by atoms with van der Waals surface area (Å²) < 4.78 is 3.34. The molecule has 0 aliphatic carbocycles. The zero-order chi connectivity index (χ0) is 27.6. The maximum absolute atomic E-state index is 14.2. The standard InChI is InChI=1S/C33H25N5O2/c1-22(36-32(39)28-15-7-10-25-12-8-18-34-31(25)28)29-19-26-11-6-9-24(17-16-23-20-35-37(2)21-23)30(26)33(40)38(29)27-13-4-3-5-14-27/h3-15,18-22H,1-2H3,(H,36,39). The Bertz CT molecular complexity index is 2010. The summed E-state index contributed by atoms with van der Waals surface area (Å²) in [4.78, 5) is 32.0. The lowest BCUT2D eigenvalue weighted by Crippen LogP contribution is -2.32. The van der Waals surface area contributed by atoms with Crippen LogP contribution in [-0.2, 0) is 7.05 Å². The Morgan fingerprint density at radius 3 is 2.50 bits per heavy atom. The SMILES string of the molecule is CC(NC(=O)c1cccc2cccnc12)c1cc2cccc(C#Cc3cnn(C)c3)c2c(=O)n1-c1ccccc1. The van der Waals surface area contributed by atoms with Crippen molar-refractivity contribution in [1.29, 1.82) is 0 Å². The van der Waals surface area contributed by atoms with Crippen LogP contribution in [0.15, 0.2) is 108 Å². The van der Waals surface area contributed by atoms with Gasteiger partial charge in [0.1, 0.15) is 0 Å².